The topological polar surface area (TPSA) is 82.5 Å². The first-order valence-electron chi connectivity index (χ1n) is 6.91. The molecule has 1 unspecified atom stereocenters. The third kappa shape index (κ3) is 4.13. The summed E-state index contributed by atoms with van der Waals surface area (Å²) < 4.78 is 0. The Bertz CT molecular complexity index is 557. The van der Waals surface area contributed by atoms with E-state index in [4.69, 9.17) is 5.11 Å². The molecule has 1 amide bonds. The zero-order valence-corrected chi connectivity index (χ0v) is 12.0. The van der Waals surface area contributed by atoms with Crippen molar-refractivity contribution in [3.63, 3.8) is 0 Å². The summed E-state index contributed by atoms with van der Waals surface area (Å²) in [6, 6.07) is 1.96. The van der Waals surface area contributed by atoms with Crippen LogP contribution in [0.4, 0.5) is 0 Å². The minimum atomic E-state index is -1.06. The quantitative estimate of drug-likeness (QED) is 0.790. The van der Waals surface area contributed by atoms with Crippen LogP contribution in [-0.2, 0) is 4.79 Å². The fourth-order valence-corrected chi connectivity index (χ4v) is 2.45. The standard InChI is InChI=1S/C15H19N3O3/c1-18-8-2-3-12(18)10-17-15(21)13-6-7-16-9-11(13)4-5-14(19)20/h4-7,9,12H,2-3,8,10H2,1H3,(H,17,21)(H,19,20)/b5-4+. The van der Waals surface area contributed by atoms with Crippen molar-refractivity contribution >= 4 is 18.0 Å². The van der Waals surface area contributed by atoms with Crippen LogP contribution in [0.2, 0.25) is 0 Å². The van der Waals surface area contributed by atoms with Gasteiger partial charge in [-0.25, -0.2) is 4.79 Å². The van der Waals surface area contributed by atoms with E-state index in [1.807, 2.05) is 0 Å². The maximum Gasteiger partial charge on any atom is 0.328 e. The first-order chi connectivity index (χ1) is 10.1. The molecule has 0 aliphatic carbocycles. The molecule has 6 heteroatoms. The van der Waals surface area contributed by atoms with E-state index in [0.717, 1.165) is 25.5 Å². The Kier molecular flexibility index (Phi) is 5.05. The summed E-state index contributed by atoms with van der Waals surface area (Å²) in [5, 5.41) is 11.6. The molecule has 6 nitrogen and oxygen atoms in total. The molecule has 0 aromatic carbocycles. The van der Waals surface area contributed by atoms with Crippen LogP contribution in [0.5, 0.6) is 0 Å². The highest BCUT2D eigenvalue weighted by Crippen LogP contribution is 2.14. The van der Waals surface area contributed by atoms with E-state index in [1.165, 1.54) is 18.5 Å². The Hall–Kier alpha value is -2.21. The lowest BCUT2D eigenvalue weighted by Crippen LogP contribution is -2.38. The molecule has 2 N–H and O–H groups in total. The molecular weight excluding hydrogens is 270 g/mol. The number of likely N-dealkylation sites (tertiary alicyclic amines) is 1. The molecule has 1 atom stereocenters. The minimum absolute atomic E-state index is 0.206. The van der Waals surface area contributed by atoms with Gasteiger partial charge in [-0.05, 0) is 38.6 Å². The summed E-state index contributed by atoms with van der Waals surface area (Å²) in [6.45, 7) is 1.65. The van der Waals surface area contributed by atoms with Crippen molar-refractivity contribution in [2.45, 2.75) is 18.9 Å². The molecule has 0 spiro atoms. The van der Waals surface area contributed by atoms with Gasteiger partial charge in [0.15, 0.2) is 0 Å². The van der Waals surface area contributed by atoms with Gasteiger partial charge in [0.1, 0.15) is 0 Å². The highest BCUT2D eigenvalue weighted by molar-refractivity contribution is 5.98. The maximum atomic E-state index is 12.2. The number of carboxylic acids is 1. The van der Waals surface area contributed by atoms with Gasteiger partial charge in [-0.1, -0.05) is 0 Å². The molecule has 2 heterocycles. The molecule has 1 aliphatic heterocycles. The number of carbonyl (C=O) groups excluding carboxylic acids is 1. The van der Waals surface area contributed by atoms with Gasteiger partial charge in [0.25, 0.3) is 5.91 Å². The number of hydrogen-bond acceptors (Lipinski definition) is 4. The fourth-order valence-electron chi connectivity index (χ4n) is 2.45. The number of carbonyl (C=O) groups is 2. The molecule has 0 bridgehead atoms. The summed E-state index contributed by atoms with van der Waals surface area (Å²) in [5.74, 6) is -1.26. The molecule has 21 heavy (non-hydrogen) atoms. The molecule has 0 saturated carbocycles. The van der Waals surface area contributed by atoms with Crippen molar-refractivity contribution in [1.29, 1.82) is 0 Å². The van der Waals surface area contributed by atoms with Crippen LogP contribution in [0.25, 0.3) is 6.08 Å². The molecule has 1 aliphatic rings. The lowest BCUT2D eigenvalue weighted by atomic mass is 10.1. The summed E-state index contributed by atoms with van der Waals surface area (Å²) >= 11 is 0. The molecule has 1 aromatic heterocycles. The van der Waals surface area contributed by atoms with Crippen LogP contribution in [0.15, 0.2) is 24.5 Å². The van der Waals surface area contributed by atoms with Crippen molar-refractivity contribution in [1.82, 2.24) is 15.2 Å². The van der Waals surface area contributed by atoms with Crippen molar-refractivity contribution in [3.05, 3.63) is 35.7 Å². The third-order valence-corrected chi connectivity index (χ3v) is 3.67. The van der Waals surface area contributed by atoms with Gasteiger partial charge in [-0.3, -0.25) is 9.78 Å². The van der Waals surface area contributed by atoms with Crippen molar-refractivity contribution in [3.8, 4) is 0 Å². The number of amides is 1. The number of nitrogens with one attached hydrogen (secondary N) is 1. The Labute approximate surface area is 123 Å². The zero-order chi connectivity index (χ0) is 15.2. The van der Waals surface area contributed by atoms with Crippen LogP contribution in [0, 0.1) is 0 Å². The summed E-state index contributed by atoms with van der Waals surface area (Å²) in [7, 11) is 2.05. The van der Waals surface area contributed by atoms with E-state index < -0.39 is 5.97 Å². The van der Waals surface area contributed by atoms with E-state index in [0.29, 0.717) is 23.7 Å². The van der Waals surface area contributed by atoms with Gasteiger partial charge >= 0.3 is 5.97 Å². The molecule has 112 valence electrons. The number of carboxylic acid groups (broad SMARTS) is 1. The number of aromatic nitrogens is 1. The second-order valence-electron chi connectivity index (χ2n) is 5.12. The van der Waals surface area contributed by atoms with Gasteiger partial charge in [0.2, 0.25) is 0 Å². The predicted octanol–water partition coefficient (Wildman–Crippen LogP) is 1.00. The highest BCUT2D eigenvalue weighted by atomic mass is 16.4. The predicted molar refractivity (Wildman–Crippen MR) is 78.9 cm³/mol. The Morgan fingerprint density at radius 3 is 3.05 bits per heavy atom. The van der Waals surface area contributed by atoms with E-state index in [2.05, 4.69) is 22.2 Å². The smallest absolute Gasteiger partial charge is 0.328 e. The van der Waals surface area contributed by atoms with Crippen molar-refractivity contribution in [2.75, 3.05) is 20.1 Å². The number of aliphatic carboxylic acids is 1. The first-order valence-corrected chi connectivity index (χ1v) is 6.91. The summed E-state index contributed by atoms with van der Waals surface area (Å²) in [5.41, 5.74) is 0.931. The van der Waals surface area contributed by atoms with Gasteiger partial charge in [-0.2, -0.15) is 0 Å². The average molecular weight is 289 g/mol. The lowest BCUT2D eigenvalue weighted by Gasteiger charge is -2.19. The van der Waals surface area contributed by atoms with Gasteiger partial charge in [-0.15, -0.1) is 0 Å². The van der Waals surface area contributed by atoms with Crippen LogP contribution in [0.1, 0.15) is 28.8 Å². The van der Waals surface area contributed by atoms with Crippen LogP contribution >= 0.6 is 0 Å². The zero-order valence-electron chi connectivity index (χ0n) is 12.0. The number of pyridine rings is 1. The average Bonchev–Trinajstić information content (AvgIpc) is 2.88. The normalized spacial score (nSPS) is 19.0. The third-order valence-electron chi connectivity index (χ3n) is 3.67. The van der Waals surface area contributed by atoms with Gasteiger partial charge < -0.3 is 15.3 Å². The first kappa shape index (κ1) is 15.2. The highest BCUT2D eigenvalue weighted by Gasteiger charge is 2.21. The second-order valence-corrected chi connectivity index (χ2v) is 5.12. The summed E-state index contributed by atoms with van der Waals surface area (Å²) in [6.07, 6.45) is 7.62. The summed E-state index contributed by atoms with van der Waals surface area (Å²) in [4.78, 5) is 29.0. The maximum absolute atomic E-state index is 12.2. The van der Waals surface area contributed by atoms with Crippen LogP contribution in [0.3, 0.4) is 0 Å². The number of rotatable bonds is 5. The van der Waals surface area contributed by atoms with Gasteiger partial charge in [0, 0.05) is 42.2 Å². The Balaban J connectivity index is 2.03. The molecule has 1 fully saturated rings. The largest absolute Gasteiger partial charge is 0.478 e. The SMILES string of the molecule is CN1CCCC1CNC(=O)c1ccncc1/C=C/C(=O)O. The minimum Gasteiger partial charge on any atom is -0.478 e. The molecule has 1 saturated heterocycles. The van der Waals surface area contributed by atoms with E-state index in [-0.39, 0.29) is 5.91 Å². The molecule has 0 radical (unpaired) electrons. The van der Waals surface area contributed by atoms with E-state index in [9.17, 15) is 9.59 Å². The monoisotopic (exact) mass is 289 g/mol. The van der Waals surface area contributed by atoms with Crippen LogP contribution in [-0.4, -0.2) is 53.0 Å². The van der Waals surface area contributed by atoms with E-state index in [1.54, 1.807) is 6.07 Å². The number of nitrogens with zero attached hydrogens (tertiary/aromatic N) is 2. The van der Waals surface area contributed by atoms with Crippen molar-refractivity contribution < 1.29 is 14.7 Å². The molecule has 2 rings (SSSR count). The lowest BCUT2D eigenvalue weighted by molar-refractivity contribution is -0.131. The molecule has 1 aromatic rings. The second kappa shape index (κ2) is 6.99. The van der Waals surface area contributed by atoms with Crippen LogP contribution < -0.4 is 5.32 Å². The van der Waals surface area contributed by atoms with Gasteiger partial charge in [0.05, 0.1) is 0 Å². The Morgan fingerprint density at radius 1 is 1.57 bits per heavy atom. The fraction of sp³-hybridized carbons (Fsp3) is 0.400. The number of likely N-dealkylation sites (N-methyl/N-ethyl adjacent to an activating group) is 1. The number of hydrogen-bond donors (Lipinski definition) is 2. The Morgan fingerprint density at radius 2 is 2.38 bits per heavy atom. The molecular formula is C15H19N3O3. The van der Waals surface area contributed by atoms with E-state index >= 15 is 0 Å². The van der Waals surface area contributed by atoms with Crippen molar-refractivity contribution in [2.24, 2.45) is 0 Å².